The third-order valence-corrected chi connectivity index (χ3v) is 5.28. The molecule has 0 bridgehead atoms. The zero-order chi connectivity index (χ0) is 18.3. The second-order valence-electron chi connectivity index (χ2n) is 9.16. The Bertz CT molecular complexity index is 276. The van der Waals surface area contributed by atoms with Gasteiger partial charge in [-0.2, -0.15) is 0 Å². The minimum absolute atomic E-state index is 0. The molecule has 0 spiro atoms. The lowest BCUT2D eigenvalue weighted by molar-refractivity contribution is -0.870. The first-order valence-corrected chi connectivity index (χ1v) is 10.9. The highest BCUT2D eigenvalue weighted by Crippen LogP contribution is 2.24. The van der Waals surface area contributed by atoms with Gasteiger partial charge in [-0.1, -0.05) is 84.5 Å². The number of nitrogens with zero attached hydrogens (tertiary/aromatic N) is 1. The van der Waals surface area contributed by atoms with Crippen LogP contribution in [0.1, 0.15) is 110 Å². The Morgan fingerprint density at radius 2 is 1.04 bits per heavy atom. The molecule has 0 fully saturated rings. The van der Waals surface area contributed by atoms with Gasteiger partial charge in [0.05, 0.1) is 27.7 Å². The molecule has 2 nitrogen and oxygen atoms in total. The summed E-state index contributed by atoms with van der Waals surface area (Å²) in [6.45, 7) is 5.80. The molecule has 0 heterocycles. The SMILES string of the molecule is CCCCCCCCCCCCC(N)(CCC)CCC[N+](C)(C)C.[Br-]. The van der Waals surface area contributed by atoms with Crippen LogP contribution in [-0.4, -0.2) is 37.7 Å². The van der Waals surface area contributed by atoms with Crippen molar-refractivity contribution in [1.82, 2.24) is 0 Å². The highest BCUT2D eigenvalue weighted by Gasteiger charge is 2.24. The first-order valence-electron chi connectivity index (χ1n) is 10.9. The molecule has 3 heteroatoms. The quantitative estimate of drug-likeness (QED) is 0.283. The second kappa shape index (κ2) is 16.6. The van der Waals surface area contributed by atoms with Crippen molar-refractivity contribution in [2.24, 2.45) is 5.73 Å². The summed E-state index contributed by atoms with van der Waals surface area (Å²) in [4.78, 5) is 0. The Balaban J connectivity index is 0. The molecule has 0 aromatic heterocycles. The molecule has 0 saturated heterocycles. The molecule has 2 N–H and O–H groups in total. The van der Waals surface area contributed by atoms with Gasteiger partial charge >= 0.3 is 0 Å². The van der Waals surface area contributed by atoms with Crippen LogP contribution in [0.15, 0.2) is 0 Å². The molecule has 0 rings (SSSR count). The maximum absolute atomic E-state index is 6.74. The van der Waals surface area contributed by atoms with Crippen LogP contribution in [0, 0.1) is 0 Å². The first kappa shape index (κ1) is 27.6. The largest absolute Gasteiger partial charge is 1.00 e. The van der Waals surface area contributed by atoms with E-state index >= 15 is 0 Å². The molecule has 25 heavy (non-hydrogen) atoms. The molecule has 0 saturated carbocycles. The fourth-order valence-electron chi connectivity index (χ4n) is 3.74. The number of quaternary nitrogens is 1. The van der Waals surface area contributed by atoms with Crippen LogP contribution in [0.4, 0.5) is 0 Å². The molecule has 0 radical (unpaired) electrons. The topological polar surface area (TPSA) is 26.0 Å². The summed E-state index contributed by atoms with van der Waals surface area (Å²) in [5, 5.41) is 0. The number of halogens is 1. The van der Waals surface area contributed by atoms with Crippen molar-refractivity contribution in [3.8, 4) is 0 Å². The van der Waals surface area contributed by atoms with E-state index in [-0.39, 0.29) is 22.5 Å². The maximum atomic E-state index is 6.74. The van der Waals surface area contributed by atoms with Crippen molar-refractivity contribution < 1.29 is 21.5 Å². The molecule has 154 valence electrons. The fraction of sp³-hybridized carbons (Fsp3) is 1.00. The molecule has 1 unspecified atom stereocenters. The van der Waals surface area contributed by atoms with Crippen LogP contribution in [0.3, 0.4) is 0 Å². The van der Waals surface area contributed by atoms with Crippen LogP contribution in [0.25, 0.3) is 0 Å². The van der Waals surface area contributed by atoms with Crippen LogP contribution in [-0.2, 0) is 0 Å². The highest BCUT2D eigenvalue weighted by molar-refractivity contribution is 4.83. The summed E-state index contributed by atoms with van der Waals surface area (Å²) in [7, 11) is 6.83. The first-order chi connectivity index (χ1) is 11.3. The lowest BCUT2D eigenvalue weighted by atomic mass is 9.84. The van der Waals surface area contributed by atoms with E-state index in [1.54, 1.807) is 0 Å². The molecule has 1 atom stereocenters. The Morgan fingerprint density at radius 3 is 1.48 bits per heavy atom. The average Bonchev–Trinajstić information content (AvgIpc) is 2.48. The van der Waals surface area contributed by atoms with Crippen molar-refractivity contribution >= 4 is 0 Å². The summed E-state index contributed by atoms with van der Waals surface area (Å²) in [5.41, 5.74) is 6.84. The molecule has 0 aromatic rings. The Labute approximate surface area is 170 Å². The van der Waals surface area contributed by atoms with Gasteiger partial charge < -0.3 is 27.2 Å². The molecular formula is C22H49BrN2. The summed E-state index contributed by atoms with van der Waals surface area (Å²) in [6.07, 6.45) is 20.2. The lowest BCUT2D eigenvalue weighted by Gasteiger charge is -2.31. The second-order valence-corrected chi connectivity index (χ2v) is 9.16. The van der Waals surface area contributed by atoms with E-state index in [1.165, 1.54) is 103 Å². The Kier molecular flexibility index (Phi) is 18.3. The van der Waals surface area contributed by atoms with Crippen LogP contribution in [0.2, 0.25) is 0 Å². The van der Waals surface area contributed by atoms with Crippen molar-refractivity contribution in [1.29, 1.82) is 0 Å². The van der Waals surface area contributed by atoms with Gasteiger partial charge in [0, 0.05) is 5.54 Å². The fourth-order valence-corrected chi connectivity index (χ4v) is 3.74. The maximum Gasteiger partial charge on any atom is 0.0781 e. The number of hydrogen-bond donors (Lipinski definition) is 1. The number of unbranched alkanes of at least 4 members (excludes halogenated alkanes) is 9. The highest BCUT2D eigenvalue weighted by atomic mass is 79.9. The molecule has 0 aromatic carbocycles. The smallest absolute Gasteiger partial charge is 0.0781 e. The van der Waals surface area contributed by atoms with E-state index < -0.39 is 0 Å². The third-order valence-electron chi connectivity index (χ3n) is 5.28. The summed E-state index contributed by atoms with van der Waals surface area (Å²) < 4.78 is 1.06. The Hall–Kier alpha value is 0.400. The van der Waals surface area contributed by atoms with E-state index in [4.69, 9.17) is 5.73 Å². The van der Waals surface area contributed by atoms with Gasteiger partial charge in [0.25, 0.3) is 0 Å². The van der Waals surface area contributed by atoms with Gasteiger partial charge in [0.1, 0.15) is 0 Å². The predicted octanol–water partition coefficient (Wildman–Crippen LogP) is 3.29. The molecule has 0 amide bonds. The van der Waals surface area contributed by atoms with Gasteiger partial charge in [-0.3, -0.25) is 0 Å². The van der Waals surface area contributed by atoms with Crippen LogP contribution < -0.4 is 22.7 Å². The molecule has 0 aliphatic heterocycles. The van der Waals surface area contributed by atoms with Gasteiger partial charge in [-0.15, -0.1) is 0 Å². The van der Waals surface area contributed by atoms with Gasteiger partial charge in [-0.25, -0.2) is 0 Å². The zero-order valence-corrected chi connectivity index (χ0v) is 19.8. The minimum Gasteiger partial charge on any atom is -1.00 e. The predicted molar refractivity (Wildman–Crippen MR) is 110 cm³/mol. The standard InChI is InChI=1S/C22H49N2.BrH/c1-6-8-9-10-11-12-13-14-15-16-19-22(23,18-7-2)20-17-21-24(3,4)5;/h6-21,23H2,1-5H3;1H/q+1;/p-1. The van der Waals surface area contributed by atoms with E-state index in [0.717, 1.165) is 4.48 Å². The van der Waals surface area contributed by atoms with E-state index in [0.29, 0.717) is 0 Å². The number of nitrogens with two attached hydrogens (primary N) is 1. The number of rotatable bonds is 17. The summed E-state index contributed by atoms with van der Waals surface area (Å²) in [6, 6.07) is 0. The van der Waals surface area contributed by atoms with E-state index in [9.17, 15) is 0 Å². The average molecular weight is 422 g/mol. The van der Waals surface area contributed by atoms with E-state index in [2.05, 4.69) is 35.0 Å². The monoisotopic (exact) mass is 420 g/mol. The van der Waals surface area contributed by atoms with Crippen LogP contribution >= 0.6 is 0 Å². The van der Waals surface area contributed by atoms with Crippen molar-refractivity contribution in [3.63, 3.8) is 0 Å². The minimum atomic E-state index is 0. The third kappa shape index (κ3) is 19.0. The summed E-state index contributed by atoms with van der Waals surface area (Å²) in [5.74, 6) is 0. The molecular weight excluding hydrogens is 372 g/mol. The van der Waals surface area contributed by atoms with Crippen molar-refractivity contribution in [3.05, 3.63) is 0 Å². The van der Waals surface area contributed by atoms with Gasteiger partial charge in [0.2, 0.25) is 0 Å². The van der Waals surface area contributed by atoms with Gasteiger partial charge in [-0.05, 0) is 25.7 Å². The lowest BCUT2D eigenvalue weighted by Crippen LogP contribution is -3.00. The van der Waals surface area contributed by atoms with Crippen LogP contribution in [0.5, 0.6) is 0 Å². The van der Waals surface area contributed by atoms with E-state index in [1.807, 2.05) is 0 Å². The normalized spacial score (nSPS) is 14.2. The zero-order valence-electron chi connectivity index (χ0n) is 18.2. The van der Waals surface area contributed by atoms with Crippen molar-refractivity contribution in [2.75, 3.05) is 27.7 Å². The van der Waals surface area contributed by atoms with Crippen molar-refractivity contribution in [2.45, 2.75) is 116 Å². The summed E-state index contributed by atoms with van der Waals surface area (Å²) >= 11 is 0. The molecule has 0 aliphatic rings. The van der Waals surface area contributed by atoms with Gasteiger partial charge in [0.15, 0.2) is 0 Å². The number of hydrogen-bond acceptors (Lipinski definition) is 1. The molecule has 0 aliphatic carbocycles. The Morgan fingerprint density at radius 1 is 0.600 bits per heavy atom.